The fourth-order valence-corrected chi connectivity index (χ4v) is 5.88. The third-order valence-electron chi connectivity index (χ3n) is 5.24. The zero-order chi connectivity index (χ0) is 21.8. The van der Waals surface area contributed by atoms with Gasteiger partial charge < -0.3 is 10.1 Å². The summed E-state index contributed by atoms with van der Waals surface area (Å²) in [7, 11) is 1.59. The molecule has 31 heavy (non-hydrogen) atoms. The number of thiophene rings is 1. The topological polar surface area (TPSA) is 97.0 Å². The van der Waals surface area contributed by atoms with Crippen molar-refractivity contribution in [1.82, 2.24) is 14.9 Å². The third kappa shape index (κ3) is 4.45. The second-order valence-corrected chi connectivity index (χ2v) is 9.23. The lowest BCUT2D eigenvalue weighted by Crippen LogP contribution is -2.26. The van der Waals surface area contributed by atoms with Gasteiger partial charge in [0.1, 0.15) is 17.1 Å². The van der Waals surface area contributed by atoms with Crippen molar-refractivity contribution in [3.63, 3.8) is 0 Å². The van der Waals surface area contributed by atoms with Gasteiger partial charge in [-0.2, -0.15) is 5.26 Å². The number of amides is 1. The first-order valence-corrected chi connectivity index (χ1v) is 11.9. The lowest BCUT2D eigenvalue weighted by Gasteiger charge is -2.13. The van der Waals surface area contributed by atoms with Crippen LogP contribution < -0.4 is 15.6 Å². The Kier molecular flexibility index (Phi) is 6.59. The maximum atomic E-state index is 13.7. The number of carbonyl (C=O) groups excluding carboxylic acids is 1. The van der Waals surface area contributed by atoms with Gasteiger partial charge in [0.2, 0.25) is 5.91 Å². The lowest BCUT2D eigenvalue weighted by atomic mass is 10.1. The predicted octanol–water partition coefficient (Wildman–Crippen LogP) is 3.46. The minimum Gasteiger partial charge on any atom is -0.497 e. The first-order valence-electron chi connectivity index (χ1n) is 10.1. The molecule has 1 aliphatic rings. The van der Waals surface area contributed by atoms with E-state index in [2.05, 4.69) is 5.32 Å². The second-order valence-electron chi connectivity index (χ2n) is 7.20. The third-order valence-corrected chi connectivity index (χ3v) is 7.36. The van der Waals surface area contributed by atoms with Crippen molar-refractivity contribution in [2.45, 2.75) is 37.3 Å². The monoisotopic (exact) mass is 454 g/mol. The first kappa shape index (κ1) is 21.4. The van der Waals surface area contributed by atoms with E-state index >= 15 is 0 Å². The average Bonchev–Trinajstić information content (AvgIpc) is 2.97. The molecule has 0 radical (unpaired) electrons. The van der Waals surface area contributed by atoms with Crippen LogP contribution in [0, 0.1) is 11.3 Å². The summed E-state index contributed by atoms with van der Waals surface area (Å²) in [6.45, 7) is -0.0468. The summed E-state index contributed by atoms with van der Waals surface area (Å²) >= 11 is 2.79. The van der Waals surface area contributed by atoms with E-state index in [1.54, 1.807) is 35.1 Å². The highest BCUT2D eigenvalue weighted by Crippen LogP contribution is 2.34. The zero-order valence-electron chi connectivity index (χ0n) is 17.1. The Morgan fingerprint density at radius 3 is 2.81 bits per heavy atom. The molecule has 0 aliphatic heterocycles. The fourth-order valence-electron chi connectivity index (χ4n) is 3.74. The molecule has 1 amide bonds. The molecule has 0 fully saturated rings. The summed E-state index contributed by atoms with van der Waals surface area (Å²) in [5, 5.41) is 12.3. The van der Waals surface area contributed by atoms with Crippen LogP contribution in [0.15, 0.2) is 34.2 Å². The van der Waals surface area contributed by atoms with Crippen molar-refractivity contribution in [1.29, 1.82) is 5.26 Å². The van der Waals surface area contributed by atoms with E-state index in [1.165, 1.54) is 23.1 Å². The van der Waals surface area contributed by atoms with E-state index in [4.69, 9.17) is 15.0 Å². The summed E-state index contributed by atoms with van der Waals surface area (Å²) in [5.41, 5.74) is 1.71. The molecule has 1 aromatic carbocycles. The van der Waals surface area contributed by atoms with Crippen molar-refractivity contribution < 1.29 is 9.53 Å². The van der Waals surface area contributed by atoms with Gasteiger partial charge in [-0.1, -0.05) is 18.2 Å². The van der Waals surface area contributed by atoms with Gasteiger partial charge in [0.15, 0.2) is 5.16 Å². The number of rotatable bonds is 6. The Bertz CT molecular complexity index is 1210. The number of hydrogen-bond donors (Lipinski definition) is 1. The molecule has 2 aromatic heterocycles. The molecule has 0 spiro atoms. The van der Waals surface area contributed by atoms with Crippen molar-refractivity contribution in [2.24, 2.45) is 0 Å². The molecule has 7 nitrogen and oxygen atoms in total. The summed E-state index contributed by atoms with van der Waals surface area (Å²) in [5.74, 6) is 0.491. The Balaban J connectivity index is 1.82. The van der Waals surface area contributed by atoms with Crippen LogP contribution in [0.25, 0.3) is 15.9 Å². The van der Waals surface area contributed by atoms with E-state index in [9.17, 15) is 9.59 Å². The van der Waals surface area contributed by atoms with E-state index in [-0.39, 0.29) is 23.8 Å². The van der Waals surface area contributed by atoms with Crippen molar-refractivity contribution >= 4 is 39.2 Å². The standard InChI is InChI=1S/C22H22N4O3S2/c1-29-15-9-7-14(8-10-15)26-21(28)19-16-5-3-2-4-6-17(16)31-20(19)25-22(26)30-13-18(27)24-12-11-23/h7-10H,2-6,12-13H2,1H3,(H,24,27). The smallest absolute Gasteiger partial charge is 0.267 e. The van der Waals surface area contributed by atoms with Gasteiger partial charge in [0, 0.05) is 4.88 Å². The van der Waals surface area contributed by atoms with Crippen LogP contribution in [-0.4, -0.2) is 34.9 Å². The van der Waals surface area contributed by atoms with E-state index in [0.29, 0.717) is 22.0 Å². The number of benzene rings is 1. The molecule has 0 saturated carbocycles. The number of carbonyl (C=O) groups is 1. The molecule has 160 valence electrons. The molecule has 1 aliphatic carbocycles. The molecule has 0 atom stereocenters. The molecule has 1 N–H and O–H groups in total. The van der Waals surface area contributed by atoms with Gasteiger partial charge in [0.05, 0.1) is 30.0 Å². The predicted molar refractivity (Wildman–Crippen MR) is 122 cm³/mol. The highest BCUT2D eigenvalue weighted by atomic mass is 32.2. The van der Waals surface area contributed by atoms with Gasteiger partial charge in [-0.15, -0.1) is 11.3 Å². The minimum atomic E-state index is -0.274. The highest BCUT2D eigenvalue weighted by Gasteiger charge is 2.22. The number of fused-ring (bicyclic) bond motifs is 3. The zero-order valence-corrected chi connectivity index (χ0v) is 18.8. The van der Waals surface area contributed by atoms with Gasteiger partial charge >= 0.3 is 0 Å². The molecule has 0 unspecified atom stereocenters. The quantitative estimate of drug-likeness (QED) is 0.265. The molecular formula is C22H22N4O3S2. The van der Waals surface area contributed by atoms with Gasteiger partial charge in [-0.05, 0) is 55.5 Å². The summed E-state index contributed by atoms with van der Waals surface area (Å²) in [6, 6.07) is 9.12. The summed E-state index contributed by atoms with van der Waals surface area (Å²) in [6.07, 6.45) is 5.27. The maximum absolute atomic E-state index is 13.7. The largest absolute Gasteiger partial charge is 0.497 e. The normalized spacial score (nSPS) is 13.3. The number of nitriles is 1. The summed E-state index contributed by atoms with van der Waals surface area (Å²) in [4.78, 5) is 32.6. The highest BCUT2D eigenvalue weighted by molar-refractivity contribution is 7.99. The number of aromatic nitrogens is 2. The van der Waals surface area contributed by atoms with Gasteiger partial charge in [-0.25, -0.2) is 4.98 Å². The first-order chi connectivity index (χ1) is 15.1. The number of thioether (sulfide) groups is 1. The Hall–Kier alpha value is -2.83. The van der Waals surface area contributed by atoms with Crippen molar-refractivity contribution in [3.8, 4) is 17.5 Å². The molecule has 0 saturated heterocycles. The van der Waals surface area contributed by atoms with Gasteiger partial charge in [-0.3, -0.25) is 14.2 Å². The number of aryl methyl sites for hydroxylation is 2. The molecule has 9 heteroatoms. The minimum absolute atomic E-state index is 0.0468. The van der Waals surface area contributed by atoms with Crippen LogP contribution in [0.2, 0.25) is 0 Å². The van der Waals surface area contributed by atoms with Crippen LogP contribution in [0.1, 0.15) is 29.7 Å². The number of nitrogens with one attached hydrogen (secondary N) is 1. The molecule has 0 bridgehead atoms. The Morgan fingerprint density at radius 1 is 1.29 bits per heavy atom. The lowest BCUT2D eigenvalue weighted by molar-refractivity contribution is -0.118. The van der Waals surface area contributed by atoms with Gasteiger partial charge in [0.25, 0.3) is 5.56 Å². The van der Waals surface area contributed by atoms with Crippen molar-refractivity contribution in [3.05, 3.63) is 45.1 Å². The van der Waals surface area contributed by atoms with Crippen LogP contribution in [0.3, 0.4) is 0 Å². The van der Waals surface area contributed by atoms with Crippen LogP contribution in [-0.2, 0) is 17.6 Å². The van der Waals surface area contributed by atoms with Crippen LogP contribution in [0.5, 0.6) is 5.75 Å². The second kappa shape index (κ2) is 9.54. The van der Waals surface area contributed by atoms with Crippen LogP contribution in [0.4, 0.5) is 0 Å². The number of nitrogens with zero attached hydrogens (tertiary/aromatic N) is 3. The van der Waals surface area contributed by atoms with E-state index in [0.717, 1.165) is 36.1 Å². The Labute approximate surface area is 188 Å². The molecule has 3 aromatic rings. The molecular weight excluding hydrogens is 432 g/mol. The van der Waals surface area contributed by atoms with Crippen molar-refractivity contribution in [2.75, 3.05) is 19.4 Å². The number of hydrogen-bond acceptors (Lipinski definition) is 7. The summed E-state index contributed by atoms with van der Waals surface area (Å²) < 4.78 is 6.83. The molecule has 2 heterocycles. The number of methoxy groups -OCH3 is 1. The van der Waals surface area contributed by atoms with E-state index in [1.807, 2.05) is 18.2 Å². The number of ether oxygens (including phenoxy) is 1. The Morgan fingerprint density at radius 2 is 2.06 bits per heavy atom. The fraction of sp³-hybridized carbons (Fsp3) is 0.364. The van der Waals surface area contributed by atoms with E-state index < -0.39 is 0 Å². The molecule has 4 rings (SSSR count). The average molecular weight is 455 g/mol. The van der Waals surface area contributed by atoms with Crippen LogP contribution >= 0.6 is 23.1 Å². The maximum Gasteiger partial charge on any atom is 0.267 e. The SMILES string of the molecule is COc1ccc(-n2c(SCC(=O)NCC#N)nc3sc4c(c3c2=O)CCCCC4)cc1.